The van der Waals surface area contributed by atoms with Crippen LogP contribution in [0.3, 0.4) is 0 Å². The van der Waals surface area contributed by atoms with Crippen molar-refractivity contribution in [1.82, 2.24) is 15.2 Å². The Morgan fingerprint density at radius 3 is 2.75 bits per heavy atom. The molecule has 1 rings (SSSR count). The zero-order valence-electron chi connectivity index (χ0n) is 13.4. The van der Waals surface area contributed by atoms with Crippen molar-refractivity contribution in [1.29, 1.82) is 0 Å². The Bertz CT molecular complexity index is 442. The maximum absolute atomic E-state index is 5.40. The van der Waals surface area contributed by atoms with E-state index in [0.717, 1.165) is 29.8 Å². The summed E-state index contributed by atoms with van der Waals surface area (Å²) < 4.78 is 5.40. The Morgan fingerprint density at radius 2 is 2.25 bits per heavy atom. The summed E-state index contributed by atoms with van der Waals surface area (Å²) in [5.41, 5.74) is 0.824. The van der Waals surface area contributed by atoms with E-state index in [1.54, 1.807) is 18.4 Å². The lowest BCUT2D eigenvalue weighted by molar-refractivity contribution is 0.0309. The molecule has 0 saturated heterocycles. The molecule has 0 amide bonds. The van der Waals surface area contributed by atoms with Gasteiger partial charge in [-0.25, -0.2) is 4.98 Å². The van der Waals surface area contributed by atoms with Gasteiger partial charge in [-0.3, -0.25) is 4.99 Å². The number of methoxy groups -OCH3 is 1. The van der Waals surface area contributed by atoms with Crippen LogP contribution in [0.4, 0.5) is 0 Å². The van der Waals surface area contributed by atoms with E-state index in [4.69, 9.17) is 4.74 Å². The number of aliphatic imine (C=N–C) groups is 1. The van der Waals surface area contributed by atoms with E-state index in [9.17, 15) is 0 Å². The van der Waals surface area contributed by atoms with Crippen LogP contribution in [0.15, 0.2) is 10.4 Å². The van der Waals surface area contributed by atoms with Gasteiger partial charge in [0.15, 0.2) is 5.96 Å². The van der Waals surface area contributed by atoms with Crippen molar-refractivity contribution < 1.29 is 4.74 Å². The zero-order valence-corrected chi connectivity index (χ0v) is 14.2. The van der Waals surface area contributed by atoms with E-state index < -0.39 is 0 Å². The molecule has 0 spiro atoms. The van der Waals surface area contributed by atoms with Crippen molar-refractivity contribution >= 4 is 17.3 Å². The summed E-state index contributed by atoms with van der Waals surface area (Å²) in [5, 5.41) is 6.49. The number of aryl methyl sites for hydroxylation is 1. The first-order chi connectivity index (χ1) is 9.38. The Morgan fingerprint density at radius 1 is 1.55 bits per heavy atom. The van der Waals surface area contributed by atoms with E-state index in [1.807, 2.05) is 27.8 Å². The number of guanidine groups is 1. The van der Waals surface area contributed by atoms with Gasteiger partial charge < -0.3 is 15.0 Å². The molecule has 1 aromatic rings. The molecular weight excluding hydrogens is 272 g/mol. The number of nitrogens with one attached hydrogen (secondary N) is 1. The summed E-state index contributed by atoms with van der Waals surface area (Å²) >= 11 is 1.67. The van der Waals surface area contributed by atoms with Gasteiger partial charge in [-0.05, 0) is 27.7 Å². The monoisotopic (exact) mass is 298 g/mol. The lowest BCUT2D eigenvalue weighted by atomic mass is 10.1. The topological polar surface area (TPSA) is 49.8 Å². The number of rotatable bonds is 6. The highest BCUT2D eigenvalue weighted by Crippen LogP contribution is 2.11. The molecule has 0 aliphatic rings. The van der Waals surface area contributed by atoms with Gasteiger partial charge in [0, 0.05) is 26.1 Å². The quantitative estimate of drug-likeness (QED) is 0.646. The predicted molar refractivity (Wildman–Crippen MR) is 85.4 cm³/mol. The highest BCUT2D eigenvalue weighted by Gasteiger charge is 2.17. The van der Waals surface area contributed by atoms with Crippen molar-refractivity contribution in [2.45, 2.75) is 39.8 Å². The Kier molecular flexibility index (Phi) is 6.42. The van der Waals surface area contributed by atoms with Gasteiger partial charge in [-0.1, -0.05) is 0 Å². The van der Waals surface area contributed by atoms with E-state index in [0.29, 0.717) is 6.54 Å². The average molecular weight is 298 g/mol. The second-order valence-electron chi connectivity index (χ2n) is 5.35. The molecular formula is C14H26N4OS. The SMILES string of the molecule is CCNC(=NCC(C)(C)OC)N(C)Cc1csc(C)n1. The molecule has 0 fully saturated rings. The summed E-state index contributed by atoms with van der Waals surface area (Å²) in [6.07, 6.45) is 0. The first-order valence-electron chi connectivity index (χ1n) is 6.83. The van der Waals surface area contributed by atoms with E-state index in [2.05, 4.69) is 32.5 Å². The van der Waals surface area contributed by atoms with Crippen LogP contribution in [0.1, 0.15) is 31.5 Å². The second-order valence-corrected chi connectivity index (χ2v) is 6.41. The van der Waals surface area contributed by atoms with Gasteiger partial charge in [-0.15, -0.1) is 11.3 Å². The molecule has 1 N–H and O–H groups in total. The summed E-state index contributed by atoms with van der Waals surface area (Å²) in [4.78, 5) is 11.2. The van der Waals surface area contributed by atoms with Crippen LogP contribution in [0.25, 0.3) is 0 Å². The maximum atomic E-state index is 5.40. The van der Waals surface area contributed by atoms with Gasteiger partial charge in [0.1, 0.15) is 0 Å². The number of ether oxygens (including phenoxy) is 1. The minimum atomic E-state index is -0.251. The van der Waals surface area contributed by atoms with Crippen LogP contribution in [-0.2, 0) is 11.3 Å². The van der Waals surface area contributed by atoms with Crippen molar-refractivity contribution in [3.8, 4) is 0 Å². The van der Waals surface area contributed by atoms with Gasteiger partial charge >= 0.3 is 0 Å². The molecule has 0 atom stereocenters. The third kappa shape index (κ3) is 5.46. The molecule has 0 aliphatic carbocycles. The second kappa shape index (κ2) is 7.59. The van der Waals surface area contributed by atoms with Crippen LogP contribution >= 0.6 is 11.3 Å². The molecule has 1 heterocycles. The Hall–Kier alpha value is -1.14. The molecule has 0 unspecified atom stereocenters. The first kappa shape index (κ1) is 16.9. The molecule has 0 aliphatic heterocycles. The van der Waals surface area contributed by atoms with Crippen LogP contribution in [-0.4, -0.2) is 48.7 Å². The minimum absolute atomic E-state index is 0.251. The van der Waals surface area contributed by atoms with Crippen molar-refractivity contribution in [3.05, 3.63) is 16.1 Å². The summed E-state index contributed by atoms with van der Waals surface area (Å²) in [7, 11) is 3.74. The molecule has 0 saturated carbocycles. The van der Waals surface area contributed by atoms with Gasteiger partial charge in [0.25, 0.3) is 0 Å². The predicted octanol–water partition coefficient (Wildman–Crippen LogP) is 2.27. The fourth-order valence-corrected chi connectivity index (χ4v) is 2.20. The number of hydrogen-bond acceptors (Lipinski definition) is 4. The largest absolute Gasteiger partial charge is 0.377 e. The Balaban J connectivity index is 2.71. The van der Waals surface area contributed by atoms with Crippen LogP contribution in [0, 0.1) is 6.92 Å². The summed E-state index contributed by atoms with van der Waals surface area (Å²) in [6, 6.07) is 0. The minimum Gasteiger partial charge on any atom is -0.377 e. The van der Waals surface area contributed by atoms with E-state index in [1.165, 1.54) is 0 Å². The highest BCUT2D eigenvalue weighted by atomic mass is 32.1. The standard InChI is InChI=1S/C14H26N4OS/c1-7-15-13(16-10-14(3,4)19-6)18(5)8-12-9-20-11(2)17-12/h9H,7-8,10H2,1-6H3,(H,15,16). The fourth-order valence-electron chi connectivity index (χ4n) is 1.60. The van der Waals surface area contributed by atoms with Gasteiger partial charge in [0.2, 0.25) is 0 Å². The molecule has 20 heavy (non-hydrogen) atoms. The average Bonchev–Trinajstić information content (AvgIpc) is 2.79. The Labute approximate surface area is 126 Å². The molecule has 0 bridgehead atoms. The molecule has 0 radical (unpaired) electrons. The van der Waals surface area contributed by atoms with E-state index >= 15 is 0 Å². The lowest BCUT2D eigenvalue weighted by Crippen LogP contribution is -2.40. The third-order valence-corrected chi connectivity index (χ3v) is 3.75. The highest BCUT2D eigenvalue weighted by molar-refractivity contribution is 7.09. The maximum Gasteiger partial charge on any atom is 0.194 e. The first-order valence-corrected chi connectivity index (χ1v) is 7.71. The zero-order chi connectivity index (χ0) is 15.2. The smallest absolute Gasteiger partial charge is 0.194 e. The van der Waals surface area contributed by atoms with Gasteiger partial charge in [0.05, 0.1) is 29.4 Å². The fraction of sp³-hybridized carbons (Fsp3) is 0.714. The number of hydrogen-bond donors (Lipinski definition) is 1. The van der Waals surface area contributed by atoms with E-state index in [-0.39, 0.29) is 5.60 Å². The molecule has 5 nitrogen and oxygen atoms in total. The van der Waals surface area contributed by atoms with Crippen LogP contribution in [0.2, 0.25) is 0 Å². The normalized spacial score (nSPS) is 12.6. The van der Waals surface area contributed by atoms with Crippen LogP contribution in [0.5, 0.6) is 0 Å². The third-order valence-electron chi connectivity index (χ3n) is 2.92. The summed E-state index contributed by atoms with van der Waals surface area (Å²) in [6.45, 7) is 10.4. The molecule has 1 aromatic heterocycles. The molecule has 0 aromatic carbocycles. The number of aromatic nitrogens is 1. The lowest BCUT2D eigenvalue weighted by Gasteiger charge is -2.24. The van der Waals surface area contributed by atoms with Crippen molar-refractivity contribution in [3.63, 3.8) is 0 Å². The van der Waals surface area contributed by atoms with Crippen molar-refractivity contribution in [2.75, 3.05) is 27.2 Å². The molecule has 114 valence electrons. The van der Waals surface area contributed by atoms with Gasteiger partial charge in [-0.2, -0.15) is 0 Å². The van der Waals surface area contributed by atoms with Crippen molar-refractivity contribution in [2.24, 2.45) is 4.99 Å². The summed E-state index contributed by atoms with van der Waals surface area (Å²) in [5.74, 6) is 0.878. The molecule has 6 heteroatoms. The number of nitrogens with zero attached hydrogens (tertiary/aromatic N) is 3. The van der Waals surface area contributed by atoms with Crippen LogP contribution < -0.4 is 5.32 Å². The number of thiazole rings is 1.